The van der Waals surface area contributed by atoms with Gasteiger partial charge in [-0.1, -0.05) is 38.8 Å². The SMILES string of the molecule is CCN(CC)CCCCC1CCN(CCNC(=O)N2C3=C(C=CCC3=O)CNc3cccnc32)CC1. The van der Waals surface area contributed by atoms with Crippen LogP contribution < -0.4 is 15.5 Å². The van der Waals surface area contributed by atoms with E-state index in [1.54, 1.807) is 6.20 Å². The molecular formula is C28H42N6O2. The number of Topliss-reactive ketones (excluding diaryl/α,β-unsaturated/α-hetero) is 1. The van der Waals surface area contributed by atoms with E-state index in [2.05, 4.69) is 39.3 Å². The third kappa shape index (κ3) is 6.53. The van der Waals surface area contributed by atoms with Crippen molar-refractivity contribution < 1.29 is 9.59 Å². The molecule has 1 aliphatic carbocycles. The number of piperidine rings is 1. The van der Waals surface area contributed by atoms with E-state index < -0.39 is 0 Å². The van der Waals surface area contributed by atoms with Crippen molar-refractivity contribution in [3.8, 4) is 0 Å². The second-order valence-electron chi connectivity index (χ2n) is 10.0. The van der Waals surface area contributed by atoms with Crippen molar-refractivity contribution in [1.29, 1.82) is 0 Å². The van der Waals surface area contributed by atoms with Gasteiger partial charge in [-0.2, -0.15) is 0 Å². The molecule has 1 saturated heterocycles. The monoisotopic (exact) mass is 494 g/mol. The molecule has 2 N–H and O–H groups in total. The molecule has 2 amide bonds. The van der Waals surface area contributed by atoms with Crippen molar-refractivity contribution in [2.45, 2.75) is 52.4 Å². The lowest BCUT2D eigenvalue weighted by Gasteiger charge is -2.32. The second kappa shape index (κ2) is 13.0. The van der Waals surface area contributed by atoms with Crippen LogP contribution in [0.5, 0.6) is 0 Å². The maximum absolute atomic E-state index is 13.4. The molecule has 3 heterocycles. The van der Waals surface area contributed by atoms with Crippen LogP contribution in [-0.2, 0) is 4.79 Å². The molecule has 36 heavy (non-hydrogen) atoms. The number of anilines is 2. The predicted octanol–water partition coefficient (Wildman–Crippen LogP) is 4.03. The maximum atomic E-state index is 13.4. The number of carbonyl (C=O) groups excluding carboxylic acids is 2. The molecule has 4 rings (SSSR count). The number of urea groups is 1. The van der Waals surface area contributed by atoms with Crippen LogP contribution in [0.2, 0.25) is 0 Å². The Hall–Kier alpha value is -2.71. The summed E-state index contributed by atoms with van der Waals surface area (Å²) in [5, 5.41) is 6.37. The predicted molar refractivity (Wildman–Crippen MR) is 145 cm³/mol. The average Bonchev–Trinajstić information content (AvgIpc) is 3.07. The van der Waals surface area contributed by atoms with Crippen LogP contribution in [0.1, 0.15) is 52.4 Å². The van der Waals surface area contributed by atoms with Gasteiger partial charge in [-0.15, -0.1) is 0 Å². The van der Waals surface area contributed by atoms with Crippen LogP contribution >= 0.6 is 0 Å². The van der Waals surface area contributed by atoms with E-state index in [0.717, 1.165) is 49.9 Å². The Bertz CT molecular complexity index is 963. The number of hydrogen-bond acceptors (Lipinski definition) is 6. The number of carbonyl (C=O) groups is 2. The van der Waals surface area contributed by atoms with Gasteiger partial charge >= 0.3 is 6.03 Å². The van der Waals surface area contributed by atoms with Crippen LogP contribution in [0.25, 0.3) is 0 Å². The Balaban J connectivity index is 1.25. The summed E-state index contributed by atoms with van der Waals surface area (Å²) in [5.74, 6) is 1.25. The number of unbranched alkanes of at least 4 members (excludes halogenated alkanes) is 1. The van der Waals surface area contributed by atoms with Gasteiger partial charge in [0.05, 0.1) is 5.69 Å². The lowest BCUT2D eigenvalue weighted by Crippen LogP contribution is -2.46. The number of pyridine rings is 1. The number of fused-ring (bicyclic) bond motifs is 1. The molecule has 8 heteroatoms. The summed E-state index contributed by atoms with van der Waals surface area (Å²) in [6, 6.07) is 3.43. The Morgan fingerprint density at radius 3 is 2.81 bits per heavy atom. The highest BCUT2D eigenvalue weighted by atomic mass is 16.2. The highest BCUT2D eigenvalue weighted by Crippen LogP contribution is 2.33. The molecule has 0 atom stereocenters. The molecule has 0 radical (unpaired) electrons. The van der Waals surface area contributed by atoms with Crippen LogP contribution in [0.15, 0.2) is 41.8 Å². The van der Waals surface area contributed by atoms with Crippen molar-refractivity contribution in [2.75, 3.05) is 62.6 Å². The van der Waals surface area contributed by atoms with E-state index in [4.69, 9.17) is 0 Å². The summed E-state index contributed by atoms with van der Waals surface area (Å²) in [6.07, 6.45) is 12.2. The highest BCUT2D eigenvalue weighted by Gasteiger charge is 2.33. The zero-order valence-corrected chi connectivity index (χ0v) is 22.0. The third-order valence-corrected chi connectivity index (χ3v) is 7.73. The molecule has 0 unspecified atom stereocenters. The Kier molecular flexibility index (Phi) is 9.53. The van der Waals surface area contributed by atoms with Gasteiger partial charge in [-0.25, -0.2) is 14.7 Å². The summed E-state index contributed by atoms with van der Waals surface area (Å²) in [6.45, 7) is 12.0. The number of hydrogen-bond donors (Lipinski definition) is 2. The Morgan fingerprint density at radius 1 is 1.22 bits per heavy atom. The molecule has 0 bridgehead atoms. The average molecular weight is 495 g/mol. The molecule has 3 aliphatic rings. The van der Waals surface area contributed by atoms with Crippen molar-refractivity contribution in [2.24, 2.45) is 5.92 Å². The maximum Gasteiger partial charge on any atom is 0.327 e. The van der Waals surface area contributed by atoms with Gasteiger partial charge in [0.2, 0.25) is 0 Å². The van der Waals surface area contributed by atoms with E-state index in [-0.39, 0.29) is 11.8 Å². The second-order valence-corrected chi connectivity index (χ2v) is 10.0. The van der Waals surface area contributed by atoms with E-state index in [9.17, 15) is 9.59 Å². The number of rotatable bonds is 10. The Labute approximate surface area is 215 Å². The van der Waals surface area contributed by atoms with Gasteiger partial charge in [0.15, 0.2) is 11.6 Å². The first-order valence-corrected chi connectivity index (χ1v) is 13.7. The van der Waals surface area contributed by atoms with E-state index in [1.165, 1.54) is 43.5 Å². The van der Waals surface area contributed by atoms with Crippen LogP contribution in [0.3, 0.4) is 0 Å². The molecular weight excluding hydrogens is 452 g/mol. The number of ketones is 1. The number of likely N-dealkylation sites (tertiary alicyclic amines) is 1. The highest BCUT2D eigenvalue weighted by molar-refractivity contribution is 6.12. The van der Waals surface area contributed by atoms with Crippen molar-refractivity contribution in [3.63, 3.8) is 0 Å². The van der Waals surface area contributed by atoms with Gasteiger partial charge in [0.1, 0.15) is 5.70 Å². The minimum absolute atomic E-state index is 0.0536. The number of amides is 2. The quantitative estimate of drug-likeness (QED) is 0.478. The summed E-state index contributed by atoms with van der Waals surface area (Å²) < 4.78 is 0. The van der Waals surface area contributed by atoms with Gasteiger partial charge in [0.25, 0.3) is 0 Å². The smallest absolute Gasteiger partial charge is 0.327 e. The summed E-state index contributed by atoms with van der Waals surface area (Å²) in [4.78, 5) is 37.0. The topological polar surface area (TPSA) is 80.8 Å². The standard InChI is InChI=1S/C28H42N6O2/c1-3-32(4-2)17-6-5-9-22-13-18-33(19-14-22)20-16-30-28(36)34-26-23(10-7-12-25(26)35)21-31-24-11-8-15-29-27(24)34/h7-8,10-11,15,22,31H,3-6,9,12-14,16-21H2,1-2H3,(H,30,36). The van der Waals surface area contributed by atoms with Gasteiger partial charge < -0.3 is 20.4 Å². The molecule has 0 aromatic carbocycles. The van der Waals surface area contributed by atoms with Gasteiger partial charge in [-0.3, -0.25) is 4.79 Å². The lowest BCUT2D eigenvalue weighted by molar-refractivity contribution is -0.115. The largest absolute Gasteiger partial charge is 0.378 e. The third-order valence-electron chi connectivity index (χ3n) is 7.73. The van der Waals surface area contributed by atoms with E-state index >= 15 is 0 Å². The molecule has 0 spiro atoms. The lowest BCUT2D eigenvalue weighted by atomic mass is 9.91. The molecule has 196 valence electrons. The van der Waals surface area contributed by atoms with Crippen molar-refractivity contribution in [1.82, 2.24) is 20.1 Å². The minimum Gasteiger partial charge on any atom is -0.378 e. The zero-order chi connectivity index (χ0) is 25.3. The van der Waals surface area contributed by atoms with Crippen molar-refractivity contribution >= 4 is 23.3 Å². The minimum atomic E-state index is -0.294. The molecule has 0 saturated carbocycles. The molecule has 1 aromatic rings. The van der Waals surface area contributed by atoms with Gasteiger partial charge in [0, 0.05) is 32.3 Å². The molecule has 1 aromatic heterocycles. The fourth-order valence-electron chi connectivity index (χ4n) is 5.49. The first kappa shape index (κ1) is 26.4. The van der Waals surface area contributed by atoms with Crippen molar-refractivity contribution in [3.05, 3.63) is 41.8 Å². The Morgan fingerprint density at radius 2 is 2.03 bits per heavy atom. The van der Waals surface area contributed by atoms with E-state index in [1.807, 2.05) is 24.3 Å². The summed E-state index contributed by atoms with van der Waals surface area (Å²) in [7, 11) is 0. The molecule has 2 aliphatic heterocycles. The van der Waals surface area contributed by atoms with E-state index in [0.29, 0.717) is 31.0 Å². The number of aromatic nitrogens is 1. The first-order valence-electron chi connectivity index (χ1n) is 13.7. The number of nitrogens with one attached hydrogen (secondary N) is 2. The molecule has 1 fully saturated rings. The van der Waals surface area contributed by atoms with Crippen LogP contribution in [-0.4, -0.2) is 79.0 Å². The fourth-order valence-corrected chi connectivity index (χ4v) is 5.49. The van der Waals surface area contributed by atoms with Crippen LogP contribution in [0.4, 0.5) is 16.3 Å². The van der Waals surface area contributed by atoms with Gasteiger partial charge in [-0.05, 0) is 75.6 Å². The number of nitrogens with zero attached hydrogens (tertiary/aromatic N) is 4. The first-order chi connectivity index (χ1) is 17.6. The normalized spacial score (nSPS) is 18.6. The van der Waals surface area contributed by atoms with Crippen LogP contribution in [0, 0.1) is 5.92 Å². The molecule has 8 nitrogen and oxygen atoms in total. The number of allylic oxidation sites excluding steroid dienone is 2. The summed E-state index contributed by atoms with van der Waals surface area (Å²) in [5.41, 5.74) is 2.00. The fraction of sp³-hybridized carbons (Fsp3) is 0.607. The zero-order valence-electron chi connectivity index (χ0n) is 22.0. The summed E-state index contributed by atoms with van der Waals surface area (Å²) >= 11 is 0.